The van der Waals surface area contributed by atoms with Crippen LogP contribution in [0.5, 0.6) is 5.75 Å². The Labute approximate surface area is 225 Å². The van der Waals surface area contributed by atoms with Crippen molar-refractivity contribution >= 4 is 57.6 Å². The zero-order valence-electron chi connectivity index (χ0n) is 19.9. The Morgan fingerprint density at radius 3 is 2.32 bits per heavy atom. The van der Waals surface area contributed by atoms with Crippen LogP contribution in [0.15, 0.2) is 108 Å². The maximum absolute atomic E-state index is 13.7. The first-order chi connectivity index (χ1) is 17.9. The SMILES string of the molecule is CN1C(=O)C(NC(=S)N(c2ccccc2)c2cccc(O)c2)N=C(c2ccccc2)c2cc(Cl)ccc21. The minimum Gasteiger partial charge on any atom is -0.508 e. The summed E-state index contributed by atoms with van der Waals surface area (Å²) in [5.74, 6) is -0.177. The lowest BCUT2D eigenvalue weighted by Gasteiger charge is -2.28. The number of nitrogens with zero attached hydrogens (tertiary/aromatic N) is 3. The number of carbonyl (C=O) groups is 1. The van der Waals surface area contributed by atoms with E-state index in [9.17, 15) is 9.90 Å². The molecule has 0 aromatic heterocycles. The standard InChI is InChI=1S/C29H23ClN4O2S/c1-33-25-16-15-20(30)17-24(25)26(19-9-4-2-5-10-19)31-27(28(33)36)32-29(37)34(21-11-6-3-7-12-21)22-13-8-14-23(35)18-22/h2-18,27,35H,1H3,(H,32,37). The number of aromatic hydroxyl groups is 1. The minimum absolute atomic E-state index is 0.100. The molecule has 2 N–H and O–H groups in total. The van der Waals surface area contributed by atoms with Crippen molar-refractivity contribution in [2.24, 2.45) is 4.99 Å². The van der Waals surface area contributed by atoms with Crippen molar-refractivity contribution < 1.29 is 9.90 Å². The van der Waals surface area contributed by atoms with Crippen LogP contribution in [0.3, 0.4) is 0 Å². The van der Waals surface area contributed by atoms with Gasteiger partial charge in [-0.2, -0.15) is 0 Å². The number of hydrogen-bond acceptors (Lipinski definition) is 4. The van der Waals surface area contributed by atoms with E-state index in [1.807, 2.05) is 78.9 Å². The Morgan fingerprint density at radius 2 is 1.62 bits per heavy atom. The molecule has 0 aliphatic carbocycles. The van der Waals surface area contributed by atoms with Gasteiger partial charge in [0.25, 0.3) is 5.91 Å². The van der Waals surface area contributed by atoms with Gasteiger partial charge in [0, 0.05) is 35.0 Å². The number of likely N-dealkylation sites (N-methyl/N-ethyl adjacent to an activating group) is 1. The van der Waals surface area contributed by atoms with Gasteiger partial charge in [-0.25, -0.2) is 4.99 Å². The van der Waals surface area contributed by atoms with Crippen molar-refractivity contribution in [1.29, 1.82) is 0 Å². The van der Waals surface area contributed by atoms with E-state index in [0.29, 0.717) is 22.1 Å². The van der Waals surface area contributed by atoms with Crippen LogP contribution >= 0.6 is 23.8 Å². The Bertz CT molecular complexity index is 1490. The first-order valence-corrected chi connectivity index (χ1v) is 12.4. The van der Waals surface area contributed by atoms with Crippen LogP contribution in [0.25, 0.3) is 0 Å². The predicted molar refractivity (Wildman–Crippen MR) is 153 cm³/mol. The summed E-state index contributed by atoms with van der Waals surface area (Å²) in [7, 11) is 1.71. The highest BCUT2D eigenvalue weighted by molar-refractivity contribution is 7.80. The highest BCUT2D eigenvalue weighted by Gasteiger charge is 2.32. The molecule has 1 aliphatic heterocycles. The first-order valence-electron chi connectivity index (χ1n) is 11.6. The van der Waals surface area contributed by atoms with E-state index in [4.69, 9.17) is 28.8 Å². The molecule has 37 heavy (non-hydrogen) atoms. The molecule has 0 fully saturated rings. The number of phenols is 1. The number of halogens is 1. The third-order valence-electron chi connectivity index (χ3n) is 6.01. The molecule has 0 saturated heterocycles. The summed E-state index contributed by atoms with van der Waals surface area (Å²) >= 11 is 12.2. The second-order valence-corrected chi connectivity index (χ2v) is 9.27. The number of nitrogens with one attached hydrogen (secondary N) is 1. The van der Waals surface area contributed by atoms with Gasteiger partial charge in [-0.15, -0.1) is 0 Å². The number of benzodiazepines with no additional fused rings is 1. The monoisotopic (exact) mass is 526 g/mol. The molecule has 8 heteroatoms. The topological polar surface area (TPSA) is 68.2 Å². The van der Waals surface area contributed by atoms with Gasteiger partial charge in [0.1, 0.15) is 5.75 Å². The van der Waals surface area contributed by atoms with Crippen molar-refractivity contribution in [1.82, 2.24) is 5.32 Å². The van der Waals surface area contributed by atoms with Crippen LogP contribution in [0.1, 0.15) is 11.1 Å². The fraction of sp³-hybridized carbons (Fsp3) is 0.0690. The summed E-state index contributed by atoms with van der Waals surface area (Å²) in [5, 5.41) is 14.1. The van der Waals surface area contributed by atoms with Crippen LogP contribution in [0.2, 0.25) is 5.02 Å². The lowest BCUT2D eigenvalue weighted by Crippen LogP contribution is -2.49. The fourth-order valence-electron chi connectivity index (χ4n) is 4.24. The normalized spacial score (nSPS) is 14.9. The van der Waals surface area contributed by atoms with Gasteiger partial charge in [-0.3, -0.25) is 9.69 Å². The van der Waals surface area contributed by atoms with Crippen LogP contribution in [-0.4, -0.2) is 35.1 Å². The van der Waals surface area contributed by atoms with Crippen molar-refractivity contribution in [3.8, 4) is 5.75 Å². The molecule has 5 rings (SSSR count). The van der Waals surface area contributed by atoms with E-state index in [1.54, 1.807) is 41.1 Å². The Morgan fingerprint density at radius 1 is 0.946 bits per heavy atom. The predicted octanol–water partition coefficient (Wildman–Crippen LogP) is 5.90. The Kier molecular flexibility index (Phi) is 6.90. The number of anilines is 3. The molecule has 1 heterocycles. The lowest BCUT2D eigenvalue weighted by atomic mass is 10.0. The molecule has 0 radical (unpaired) electrons. The summed E-state index contributed by atoms with van der Waals surface area (Å²) < 4.78 is 0. The average molecular weight is 527 g/mol. The summed E-state index contributed by atoms with van der Waals surface area (Å²) in [4.78, 5) is 21.9. The largest absolute Gasteiger partial charge is 0.508 e. The zero-order chi connectivity index (χ0) is 25.9. The Balaban J connectivity index is 1.59. The number of phenolic OH excluding ortho intramolecular Hbond substituents is 1. The number of amides is 1. The fourth-order valence-corrected chi connectivity index (χ4v) is 4.74. The van der Waals surface area contributed by atoms with Crippen LogP contribution in [-0.2, 0) is 4.79 Å². The summed E-state index contributed by atoms with van der Waals surface area (Å²) in [6, 6.07) is 31.3. The van der Waals surface area contributed by atoms with E-state index < -0.39 is 6.17 Å². The summed E-state index contributed by atoms with van der Waals surface area (Å²) in [6.45, 7) is 0. The molecule has 6 nitrogen and oxygen atoms in total. The van der Waals surface area contributed by atoms with Crippen LogP contribution in [0.4, 0.5) is 17.1 Å². The minimum atomic E-state index is -1.01. The van der Waals surface area contributed by atoms with Gasteiger partial charge in [0.05, 0.1) is 17.1 Å². The molecule has 4 aromatic rings. The van der Waals surface area contributed by atoms with E-state index in [1.165, 1.54) is 0 Å². The number of aliphatic imine (C=N–C) groups is 1. The molecule has 1 amide bonds. The average Bonchev–Trinajstić information content (AvgIpc) is 3.00. The van der Waals surface area contributed by atoms with Crippen molar-refractivity contribution in [3.63, 3.8) is 0 Å². The molecular formula is C29H23ClN4O2S. The van der Waals surface area contributed by atoms with Crippen LogP contribution < -0.4 is 15.1 Å². The smallest absolute Gasteiger partial charge is 0.272 e. The zero-order valence-corrected chi connectivity index (χ0v) is 21.4. The number of para-hydroxylation sites is 1. The molecule has 1 atom stereocenters. The third kappa shape index (κ3) is 5.05. The number of thiocarbonyl (C=S) groups is 1. The molecule has 4 aromatic carbocycles. The van der Waals surface area contributed by atoms with Crippen LogP contribution in [0, 0.1) is 0 Å². The molecular weight excluding hydrogens is 504 g/mol. The lowest BCUT2D eigenvalue weighted by molar-refractivity contribution is -0.119. The number of hydrogen-bond donors (Lipinski definition) is 2. The van der Waals surface area contributed by atoms with Gasteiger partial charge in [0.15, 0.2) is 5.11 Å². The molecule has 1 unspecified atom stereocenters. The maximum atomic E-state index is 13.7. The van der Waals surface area contributed by atoms with E-state index in [0.717, 1.165) is 16.8 Å². The molecule has 1 aliphatic rings. The van der Waals surface area contributed by atoms with Gasteiger partial charge in [-0.05, 0) is 54.7 Å². The highest BCUT2D eigenvalue weighted by atomic mass is 35.5. The summed E-state index contributed by atoms with van der Waals surface area (Å²) in [5.41, 5.74) is 4.32. The third-order valence-corrected chi connectivity index (χ3v) is 6.55. The van der Waals surface area contributed by atoms with Gasteiger partial charge >= 0.3 is 0 Å². The van der Waals surface area contributed by atoms with Gasteiger partial charge < -0.3 is 15.3 Å². The number of benzene rings is 4. The molecule has 184 valence electrons. The number of fused-ring (bicyclic) bond motifs is 1. The number of carbonyl (C=O) groups excluding carboxylic acids is 1. The van der Waals surface area contributed by atoms with Crippen molar-refractivity contribution in [2.45, 2.75) is 6.17 Å². The van der Waals surface area contributed by atoms with Crippen molar-refractivity contribution in [3.05, 3.63) is 119 Å². The van der Waals surface area contributed by atoms with Gasteiger partial charge in [-0.1, -0.05) is 66.2 Å². The number of rotatable bonds is 4. The quantitative estimate of drug-likeness (QED) is 0.324. The summed E-state index contributed by atoms with van der Waals surface area (Å²) in [6.07, 6.45) is -1.01. The molecule has 0 saturated carbocycles. The first kappa shape index (κ1) is 24.5. The second kappa shape index (κ2) is 10.4. The highest BCUT2D eigenvalue weighted by Crippen LogP contribution is 2.31. The Hall–Kier alpha value is -4.20. The molecule has 0 bridgehead atoms. The van der Waals surface area contributed by atoms with E-state index in [-0.39, 0.29) is 16.8 Å². The molecule has 0 spiro atoms. The van der Waals surface area contributed by atoms with Gasteiger partial charge in [0.2, 0.25) is 6.17 Å². The van der Waals surface area contributed by atoms with Crippen molar-refractivity contribution in [2.75, 3.05) is 16.8 Å². The second-order valence-electron chi connectivity index (χ2n) is 8.45. The van der Waals surface area contributed by atoms with E-state index >= 15 is 0 Å². The maximum Gasteiger partial charge on any atom is 0.272 e. The van der Waals surface area contributed by atoms with E-state index in [2.05, 4.69) is 5.32 Å².